The molecule has 0 radical (unpaired) electrons. The molecule has 0 fully saturated rings. The fourth-order valence-corrected chi connectivity index (χ4v) is 2.92. The highest BCUT2D eigenvalue weighted by Crippen LogP contribution is 2.27. The quantitative estimate of drug-likeness (QED) is 0.401. The van der Waals surface area contributed by atoms with Gasteiger partial charge >= 0.3 is 0 Å². The lowest BCUT2D eigenvalue weighted by Crippen LogP contribution is -1.95. The van der Waals surface area contributed by atoms with Crippen molar-refractivity contribution in [3.8, 4) is 0 Å². The zero-order valence-electron chi connectivity index (χ0n) is 9.04. The van der Waals surface area contributed by atoms with Crippen LogP contribution in [0.2, 0.25) is 0 Å². The summed E-state index contributed by atoms with van der Waals surface area (Å²) in [5.41, 5.74) is 2.67. The van der Waals surface area contributed by atoms with Crippen LogP contribution in [0.1, 0.15) is 16.0 Å². The number of hydrogen-bond donors (Lipinski definition) is 0. The smallest absolute Gasteiger partial charge is 0.0435 e. The lowest BCUT2D eigenvalue weighted by molar-refractivity contribution is 0.948. The second-order valence-corrected chi connectivity index (χ2v) is 7.12. The summed E-state index contributed by atoms with van der Waals surface area (Å²) in [5, 5.41) is 0. The molecule has 0 heterocycles. The second kappa shape index (κ2) is 6.34. The molecule has 0 N–H and O–H groups in total. The van der Waals surface area contributed by atoms with Gasteiger partial charge in [-0.2, -0.15) is 0 Å². The molecule has 0 aliphatic rings. The second-order valence-electron chi connectivity index (χ2n) is 3.85. The summed E-state index contributed by atoms with van der Waals surface area (Å²) in [5.74, 6) is 0. The molecule has 0 aliphatic carbocycles. The monoisotopic (exact) mass is 464 g/mol. The molecule has 17 heavy (non-hydrogen) atoms. The van der Waals surface area contributed by atoms with Crippen molar-refractivity contribution in [3.05, 3.63) is 67.7 Å². The number of halogens is 3. The maximum atomic E-state index is 3.75. The molecule has 2 rings (SSSR count). The van der Waals surface area contributed by atoms with E-state index in [1.165, 1.54) is 14.7 Å². The minimum Gasteiger partial charge on any atom is -0.0835 e. The summed E-state index contributed by atoms with van der Waals surface area (Å²) in [7, 11) is 0. The first kappa shape index (κ1) is 13.6. The Morgan fingerprint density at radius 1 is 0.941 bits per heavy atom. The molecular weight excluding hydrogens is 455 g/mol. The fraction of sp³-hybridized carbons (Fsp3) is 0.143. The minimum atomic E-state index is 0.376. The van der Waals surface area contributed by atoms with Crippen molar-refractivity contribution in [1.82, 2.24) is 0 Å². The van der Waals surface area contributed by atoms with Gasteiger partial charge in [-0.05, 0) is 64.4 Å². The molecule has 0 aliphatic heterocycles. The SMILES string of the molecule is Brc1ccc(CC(Br)c2ccc(I)cc2)cc1. The Labute approximate surface area is 132 Å². The van der Waals surface area contributed by atoms with Gasteiger partial charge in [-0.15, -0.1) is 0 Å². The minimum absolute atomic E-state index is 0.376. The lowest BCUT2D eigenvalue weighted by atomic mass is 10.0. The van der Waals surface area contributed by atoms with Crippen LogP contribution in [0.3, 0.4) is 0 Å². The van der Waals surface area contributed by atoms with Crippen molar-refractivity contribution in [2.24, 2.45) is 0 Å². The lowest BCUT2D eigenvalue weighted by Gasteiger charge is -2.10. The van der Waals surface area contributed by atoms with Crippen LogP contribution < -0.4 is 0 Å². The molecule has 0 nitrogen and oxygen atoms in total. The average molecular weight is 466 g/mol. The Morgan fingerprint density at radius 2 is 1.53 bits per heavy atom. The van der Waals surface area contributed by atoms with Crippen LogP contribution in [0.15, 0.2) is 53.0 Å². The summed E-state index contributed by atoms with van der Waals surface area (Å²) >= 11 is 9.53. The van der Waals surface area contributed by atoms with Gasteiger partial charge in [0.15, 0.2) is 0 Å². The summed E-state index contributed by atoms with van der Waals surface area (Å²) in [4.78, 5) is 0.376. The normalized spacial score (nSPS) is 12.4. The third-order valence-corrected chi connectivity index (χ3v) is 4.66. The van der Waals surface area contributed by atoms with Crippen LogP contribution in [0.5, 0.6) is 0 Å². The molecule has 0 aromatic heterocycles. The van der Waals surface area contributed by atoms with Crippen LogP contribution >= 0.6 is 54.5 Å². The molecule has 2 aromatic carbocycles. The summed E-state index contributed by atoms with van der Waals surface area (Å²) in [6.45, 7) is 0. The van der Waals surface area contributed by atoms with E-state index in [-0.39, 0.29) is 0 Å². The van der Waals surface area contributed by atoms with Gasteiger partial charge in [0.25, 0.3) is 0 Å². The van der Waals surface area contributed by atoms with E-state index in [1.54, 1.807) is 0 Å². The molecule has 0 bridgehead atoms. The molecule has 0 saturated heterocycles. The highest BCUT2D eigenvalue weighted by molar-refractivity contribution is 14.1. The predicted molar refractivity (Wildman–Crippen MR) is 88.7 cm³/mol. The first-order chi connectivity index (χ1) is 8.15. The van der Waals surface area contributed by atoms with Gasteiger partial charge in [0.05, 0.1) is 0 Å². The Bertz CT molecular complexity index is 477. The first-order valence-corrected chi connectivity index (χ1v) is 8.08. The van der Waals surface area contributed by atoms with Gasteiger partial charge in [-0.3, -0.25) is 0 Å². The molecule has 2 aromatic rings. The third kappa shape index (κ3) is 4.07. The van der Waals surface area contributed by atoms with Crippen molar-refractivity contribution in [3.63, 3.8) is 0 Å². The van der Waals surface area contributed by atoms with E-state index in [9.17, 15) is 0 Å². The molecule has 1 unspecified atom stereocenters. The maximum Gasteiger partial charge on any atom is 0.0435 e. The van der Waals surface area contributed by atoms with Crippen molar-refractivity contribution >= 4 is 54.5 Å². The van der Waals surface area contributed by atoms with Crippen LogP contribution in [-0.2, 0) is 6.42 Å². The number of benzene rings is 2. The molecule has 3 heteroatoms. The zero-order chi connectivity index (χ0) is 12.3. The fourth-order valence-electron chi connectivity index (χ4n) is 1.62. The highest BCUT2D eigenvalue weighted by Gasteiger charge is 2.08. The largest absolute Gasteiger partial charge is 0.0835 e. The van der Waals surface area contributed by atoms with Crippen molar-refractivity contribution in [2.45, 2.75) is 11.2 Å². The topological polar surface area (TPSA) is 0 Å². The van der Waals surface area contributed by atoms with E-state index in [0.29, 0.717) is 4.83 Å². The number of rotatable bonds is 3. The summed E-state index contributed by atoms with van der Waals surface area (Å²) in [6, 6.07) is 17.1. The van der Waals surface area contributed by atoms with Crippen LogP contribution in [0, 0.1) is 3.57 Å². The Kier molecular flexibility index (Phi) is 5.06. The number of hydrogen-bond acceptors (Lipinski definition) is 0. The maximum absolute atomic E-state index is 3.75. The Morgan fingerprint density at radius 3 is 2.12 bits per heavy atom. The average Bonchev–Trinajstić information content (AvgIpc) is 2.33. The van der Waals surface area contributed by atoms with E-state index >= 15 is 0 Å². The van der Waals surface area contributed by atoms with Crippen LogP contribution in [-0.4, -0.2) is 0 Å². The Hall–Kier alpha value is 0.130. The van der Waals surface area contributed by atoms with E-state index in [1.807, 2.05) is 0 Å². The number of alkyl halides is 1. The molecule has 1 atom stereocenters. The van der Waals surface area contributed by atoms with E-state index < -0.39 is 0 Å². The first-order valence-electron chi connectivity index (χ1n) is 5.29. The van der Waals surface area contributed by atoms with Gasteiger partial charge < -0.3 is 0 Å². The van der Waals surface area contributed by atoms with Gasteiger partial charge in [-0.1, -0.05) is 56.1 Å². The van der Waals surface area contributed by atoms with E-state index in [0.717, 1.165) is 10.9 Å². The van der Waals surface area contributed by atoms with Crippen molar-refractivity contribution in [2.75, 3.05) is 0 Å². The van der Waals surface area contributed by atoms with Crippen molar-refractivity contribution in [1.29, 1.82) is 0 Å². The van der Waals surface area contributed by atoms with Gasteiger partial charge in [-0.25, -0.2) is 0 Å². The zero-order valence-corrected chi connectivity index (χ0v) is 14.4. The molecule has 0 spiro atoms. The van der Waals surface area contributed by atoms with Gasteiger partial charge in [0.1, 0.15) is 0 Å². The molecule has 0 saturated carbocycles. The van der Waals surface area contributed by atoms with Gasteiger partial charge in [0.2, 0.25) is 0 Å². The Balaban J connectivity index is 2.08. The summed E-state index contributed by atoms with van der Waals surface area (Å²) < 4.78 is 2.40. The van der Waals surface area contributed by atoms with E-state index in [2.05, 4.69) is 103 Å². The molecule has 0 amide bonds. The third-order valence-electron chi connectivity index (χ3n) is 2.56. The summed E-state index contributed by atoms with van der Waals surface area (Å²) in [6.07, 6.45) is 1.01. The van der Waals surface area contributed by atoms with E-state index in [4.69, 9.17) is 0 Å². The standard InChI is InChI=1S/C14H11Br2I/c15-12-5-1-10(2-6-12)9-14(16)11-3-7-13(17)8-4-11/h1-8,14H,9H2. The molecule has 88 valence electrons. The highest BCUT2D eigenvalue weighted by atomic mass is 127. The van der Waals surface area contributed by atoms with Crippen LogP contribution in [0.25, 0.3) is 0 Å². The van der Waals surface area contributed by atoms with Crippen molar-refractivity contribution < 1.29 is 0 Å². The molecular formula is C14H11Br2I. The predicted octanol–water partition coefficient (Wildman–Crippen LogP) is 5.73. The van der Waals surface area contributed by atoms with Crippen LogP contribution in [0.4, 0.5) is 0 Å². The van der Waals surface area contributed by atoms with Gasteiger partial charge in [0, 0.05) is 12.9 Å².